The fourth-order valence-electron chi connectivity index (χ4n) is 3.04. The zero-order chi connectivity index (χ0) is 16.8. The van der Waals surface area contributed by atoms with Crippen molar-refractivity contribution in [3.63, 3.8) is 0 Å². The lowest BCUT2D eigenvalue weighted by molar-refractivity contribution is 0.182. The van der Waals surface area contributed by atoms with E-state index in [1.165, 1.54) is 24.8 Å². The first kappa shape index (κ1) is 16.6. The third kappa shape index (κ3) is 4.37. The summed E-state index contributed by atoms with van der Waals surface area (Å²) in [6.07, 6.45) is 8.54. The SMILES string of the molecule is CN(CC1CCC1)C(=O)NCc1nccn1CCc1ccccc1. The third-order valence-electron chi connectivity index (χ3n) is 4.79. The molecule has 0 unspecified atom stereocenters. The van der Waals surface area contributed by atoms with Gasteiger partial charge in [0.25, 0.3) is 0 Å². The largest absolute Gasteiger partial charge is 0.333 e. The van der Waals surface area contributed by atoms with Crippen LogP contribution < -0.4 is 5.32 Å². The molecule has 1 fully saturated rings. The molecule has 0 atom stereocenters. The summed E-state index contributed by atoms with van der Waals surface area (Å²) in [5, 5.41) is 2.98. The van der Waals surface area contributed by atoms with E-state index in [0.29, 0.717) is 12.5 Å². The van der Waals surface area contributed by atoms with Crippen LogP contribution in [0.3, 0.4) is 0 Å². The number of aryl methyl sites for hydroxylation is 2. The summed E-state index contributed by atoms with van der Waals surface area (Å²) >= 11 is 0. The molecule has 2 aromatic rings. The van der Waals surface area contributed by atoms with Crippen LogP contribution in [0, 0.1) is 5.92 Å². The van der Waals surface area contributed by atoms with Crippen molar-refractivity contribution < 1.29 is 4.79 Å². The van der Waals surface area contributed by atoms with Crippen LogP contribution in [0.2, 0.25) is 0 Å². The Morgan fingerprint density at radius 3 is 2.83 bits per heavy atom. The molecular formula is C19H26N4O. The second kappa shape index (κ2) is 7.99. The van der Waals surface area contributed by atoms with E-state index in [1.807, 2.05) is 19.3 Å². The van der Waals surface area contributed by atoms with Gasteiger partial charge in [0.1, 0.15) is 5.82 Å². The maximum Gasteiger partial charge on any atom is 0.317 e. The molecular weight excluding hydrogens is 300 g/mol. The highest BCUT2D eigenvalue weighted by Crippen LogP contribution is 2.26. The topological polar surface area (TPSA) is 50.2 Å². The minimum atomic E-state index is -0.0143. The van der Waals surface area contributed by atoms with Gasteiger partial charge in [-0.2, -0.15) is 0 Å². The summed E-state index contributed by atoms with van der Waals surface area (Å²) in [5.74, 6) is 1.59. The Balaban J connectivity index is 1.47. The Morgan fingerprint density at radius 2 is 2.12 bits per heavy atom. The van der Waals surface area contributed by atoms with Gasteiger partial charge >= 0.3 is 6.03 Å². The number of hydrogen-bond acceptors (Lipinski definition) is 2. The van der Waals surface area contributed by atoms with E-state index in [9.17, 15) is 4.79 Å². The van der Waals surface area contributed by atoms with Crippen molar-refractivity contribution in [2.45, 2.75) is 38.8 Å². The molecule has 1 aromatic carbocycles. The Bertz CT molecular complexity index is 648. The molecule has 1 N–H and O–H groups in total. The van der Waals surface area contributed by atoms with E-state index in [-0.39, 0.29) is 6.03 Å². The van der Waals surface area contributed by atoms with Gasteiger partial charge in [0.15, 0.2) is 0 Å². The molecule has 0 bridgehead atoms. The van der Waals surface area contributed by atoms with E-state index >= 15 is 0 Å². The van der Waals surface area contributed by atoms with Crippen LogP contribution >= 0.6 is 0 Å². The highest BCUT2D eigenvalue weighted by molar-refractivity contribution is 5.73. The van der Waals surface area contributed by atoms with Crippen LogP contribution in [0.5, 0.6) is 0 Å². The van der Waals surface area contributed by atoms with E-state index < -0.39 is 0 Å². The lowest BCUT2D eigenvalue weighted by atomic mass is 9.85. The molecule has 0 saturated heterocycles. The number of imidazole rings is 1. The van der Waals surface area contributed by atoms with Crippen LogP contribution in [0.15, 0.2) is 42.7 Å². The van der Waals surface area contributed by atoms with Crippen LogP contribution in [0.1, 0.15) is 30.7 Å². The molecule has 1 heterocycles. The summed E-state index contributed by atoms with van der Waals surface area (Å²) in [5.41, 5.74) is 1.31. The van der Waals surface area contributed by atoms with Gasteiger partial charge in [0, 0.05) is 32.5 Å². The van der Waals surface area contributed by atoms with Crippen molar-refractivity contribution in [1.29, 1.82) is 0 Å². The molecule has 5 heteroatoms. The van der Waals surface area contributed by atoms with Crippen molar-refractivity contribution >= 4 is 6.03 Å². The summed E-state index contributed by atoms with van der Waals surface area (Å²) in [6, 6.07) is 10.4. The number of urea groups is 1. The smallest absolute Gasteiger partial charge is 0.317 e. The third-order valence-corrected chi connectivity index (χ3v) is 4.79. The number of rotatable bonds is 7. The molecule has 0 aliphatic heterocycles. The number of amides is 2. The second-order valence-electron chi connectivity index (χ2n) is 6.61. The molecule has 2 amide bonds. The highest BCUT2D eigenvalue weighted by Gasteiger charge is 2.21. The van der Waals surface area contributed by atoms with Gasteiger partial charge in [-0.1, -0.05) is 36.8 Å². The van der Waals surface area contributed by atoms with Crippen LogP contribution in [0.4, 0.5) is 4.79 Å². The zero-order valence-electron chi connectivity index (χ0n) is 14.3. The maximum absolute atomic E-state index is 12.2. The molecule has 24 heavy (non-hydrogen) atoms. The first-order chi connectivity index (χ1) is 11.7. The predicted molar refractivity (Wildman–Crippen MR) is 94.6 cm³/mol. The minimum Gasteiger partial charge on any atom is -0.333 e. The maximum atomic E-state index is 12.2. The van der Waals surface area contributed by atoms with Crippen molar-refractivity contribution in [2.75, 3.05) is 13.6 Å². The van der Waals surface area contributed by atoms with Gasteiger partial charge in [-0.15, -0.1) is 0 Å². The molecule has 3 rings (SSSR count). The summed E-state index contributed by atoms with van der Waals surface area (Å²) < 4.78 is 2.11. The molecule has 128 valence electrons. The zero-order valence-corrected chi connectivity index (χ0v) is 14.3. The van der Waals surface area contributed by atoms with Gasteiger partial charge in [-0.25, -0.2) is 9.78 Å². The Hall–Kier alpha value is -2.30. The Morgan fingerprint density at radius 1 is 1.33 bits per heavy atom. The Kier molecular flexibility index (Phi) is 5.51. The lowest BCUT2D eigenvalue weighted by Gasteiger charge is -2.30. The van der Waals surface area contributed by atoms with Crippen molar-refractivity contribution in [1.82, 2.24) is 19.8 Å². The lowest BCUT2D eigenvalue weighted by Crippen LogP contribution is -2.41. The molecule has 1 aromatic heterocycles. The monoisotopic (exact) mass is 326 g/mol. The summed E-state index contributed by atoms with van der Waals surface area (Å²) in [4.78, 5) is 18.4. The van der Waals surface area contributed by atoms with Crippen LogP contribution in [-0.2, 0) is 19.5 Å². The first-order valence-corrected chi connectivity index (χ1v) is 8.75. The van der Waals surface area contributed by atoms with Gasteiger partial charge in [0.05, 0.1) is 6.54 Å². The molecule has 1 aliphatic carbocycles. The molecule has 0 spiro atoms. The number of benzene rings is 1. The fraction of sp³-hybridized carbons (Fsp3) is 0.474. The van der Waals surface area contributed by atoms with Gasteiger partial charge in [-0.05, 0) is 30.7 Å². The van der Waals surface area contributed by atoms with E-state index in [2.05, 4.69) is 39.1 Å². The van der Waals surface area contributed by atoms with Crippen molar-refractivity contribution in [2.24, 2.45) is 5.92 Å². The van der Waals surface area contributed by atoms with Gasteiger partial charge in [-0.3, -0.25) is 0 Å². The average Bonchev–Trinajstić information content (AvgIpc) is 3.02. The number of carbonyl (C=O) groups excluding carboxylic acids is 1. The van der Waals surface area contributed by atoms with Crippen molar-refractivity contribution in [3.05, 3.63) is 54.1 Å². The quantitative estimate of drug-likeness (QED) is 0.850. The van der Waals surface area contributed by atoms with Crippen molar-refractivity contribution in [3.8, 4) is 0 Å². The first-order valence-electron chi connectivity index (χ1n) is 8.75. The second-order valence-corrected chi connectivity index (χ2v) is 6.61. The standard InChI is InChI=1S/C19H26N4O/c1-22(15-17-8-5-9-17)19(24)21-14-18-20-11-13-23(18)12-10-16-6-3-2-4-7-16/h2-4,6-7,11,13,17H,5,8-10,12,14-15H2,1H3,(H,21,24). The predicted octanol–water partition coefficient (Wildman–Crippen LogP) is 3.07. The highest BCUT2D eigenvalue weighted by atomic mass is 16.2. The van der Waals surface area contributed by atoms with Crippen LogP contribution in [-0.4, -0.2) is 34.1 Å². The number of nitrogens with zero attached hydrogens (tertiary/aromatic N) is 3. The average molecular weight is 326 g/mol. The fourth-order valence-corrected chi connectivity index (χ4v) is 3.04. The molecule has 1 aliphatic rings. The normalized spacial score (nSPS) is 14.2. The number of nitrogens with one attached hydrogen (secondary N) is 1. The summed E-state index contributed by atoms with van der Waals surface area (Å²) in [7, 11) is 1.87. The molecule has 5 nitrogen and oxygen atoms in total. The Labute approximate surface area is 143 Å². The number of hydrogen-bond donors (Lipinski definition) is 1. The molecule has 0 radical (unpaired) electrons. The summed E-state index contributed by atoms with van der Waals surface area (Å²) in [6.45, 7) is 2.19. The van der Waals surface area contributed by atoms with E-state index in [0.717, 1.165) is 25.3 Å². The van der Waals surface area contributed by atoms with Gasteiger partial charge in [0.2, 0.25) is 0 Å². The minimum absolute atomic E-state index is 0.0143. The number of carbonyl (C=O) groups is 1. The van der Waals surface area contributed by atoms with E-state index in [1.54, 1.807) is 11.1 Å². The van der Waals surface area contributed by atoms with E-state index in [4.69, 9.17) is 0 Å². The number of aromatic nitrogens is 2. The van der Waals surface area contributed by atoms with Gasteiger partial charge < -0.3 is 14.8 Å². The van der Waals surface area contributed by atoms with Crippen LogP contribution in [0.25, 0.3) is 0 Å². The molecule has 1 saturated carbocycles.